The fourth-order valence-corrected chi connectivity index (χ4v) is 4.75. The standard InChI is InChI=1S/C24H30N6S3/c1-27-12-14-28(15-13-27)18-29-24(31)30(25-17-20-6-10-22(33-3)11-7-20)23(26-29)16-19-4-8-21(32-2)9-5-19/h4-11,17H,12-16,18H2,1-3H3/b25-17+. The van der Waals surface area contributed by atoms with Crippen molar-refractivity contribution in [3.63, 3.8) is 0 Å². The van der Waals surface area contributed by atoms with Crippen molar-refractivity contribution in [2.45, 2.75) is 22.9 Å². The van der Waals surface area contributed by atoms with E-state index in [2.05, 4.69) is 77.9 Å². The van der Waals surface area contributed by atoms with Crippen molar-refractivity contribution in [3.05, 3.63) is 70.3 Å². The van der Waals surface area contributed by atoms with Crippen LogP contribution in [0.25, 0.3) is 0 Å². The van der Waals surface area contributed by atoms with Crippen LogP contribution >= 0.6 is 35.7 Å². The Hall–Kier alpha value is -1.91. The van der Waals surface area contributed by atoms with Crippen molar-refractivity contribution in [3.8, 4) is 0 Å². The minimum Gasteiger partial charge on any atom is -0.304 e. The Morgan fingerprint density at radius 3 is 2.15 bits per heavy atom. The Kier molecular flexibility index (Phi) is 8.43. The maximum Gasteiger partial charge on any atom is 0.220 e. The van der Waals surface area contributed by atoms with E-state index in [-0.39, 0.29) is 0 Å². The van der Waals surface area contributed by atoms with E-state index in [1.54, 1.807) is 23.5 Å². The van der Waals surface area contributed by atoms with Crippen LogP contribution in [0.5, 0.6) is 0 Å². The smallest absolute Gasteiger partial charge is 0.220 e. The van der Waals surface area contributed by atoms with E-state index in [1.807, 2.05) is 15.6 Å². The molecule has 33 heavy (non-hydrogen) atoms. The first kappa shape index (κ1) is 24.2. The maximum absolute atomic E-state index is 5.82. The van der Waals surface area contributed by atoms with E-state index in [0.717, 1.165) is 37.6 Å². The van der Waals surface area contributed by atoms with Gasteiger partial charge < -0.3 is 4.90 Å². The van der Waals surface area contributed by atoms with Gasteiger partial charge in [-0.2, -0.15) is 14.9 Å². The van der Waals surface area contributed by atoms with Gasteiger partial charge in [-0.15, -0.1) is 23.5 Å². The molecule has 1 aliphatic rings. The summed E-state index contributed by atoms with van der Waals surface area (Å²) >= 11 is 9.30. The Bertz CT molecular complexity index is 1130. The molecule has 1 aromatic heterocycles. The molecule has 1 aliphatic heterocycles. The van der Waals surface area contributed by atoms with Gasteiger partial charge in [0.15, 0.2) is 5.82 Å². The van der Waals surface area contributed by atoms with Crippen molar-refractivity contribution >= 4 is 42.0 Å². The lowest BCUT2D eigenvalue weighted by molar-refractivity contribution is 0.118. The summed E-state index contributed by atoms with van der Waals surface area (Å²) in [6.07, 6.45) is 6.71. The second kappa shape index (κ2) is 11.5. The Labute approximate surface area is 209 Å². The van der Waals surface area contributed by atoms with Crippen molar-refractivity contribution in [1.82, 2.24) is 24.3 Å². The summed E-state index contributed by atoms with van der Waals surface area (Å²) in [6.45, 7) is 4.85. The van der Waals surface area contributed by atoms with Gasteiger partial charge in [0.2, 0.25) is 4.77 Å². The lowest BCUT2D eigenvalue weighted by atomic mass is 10.1. The Morgan fingerprint density at radius 1 is 0.939 bits per heavy atom. The highest BCUT2D eigenvalue weighted by Crippen LogP contribution is 2.18. The zero-order valence-electron chi connectivity index (χ0n) is 19.3. The van der Waals surface area contributed by atoms with E-state index in [9.17, 15) is 0 Å². The van der Waals surface area contributed by atoms with Crippen LogP contribution in [0, 0.1) is 4.77 Å². The zero-order valence-corrected chi connectivity index (χ0v) is 21.8. The molecule has 0 amide bonds. The molecular weight excluding hydrogens is 469 g/mol. The van der Waals surface area contributed by atoms with E-state index in [0.29, 0.717) is 17.9 Å². The molecule has 0 spiro atoms. The molecule has 0 N–H and O–H groups in total. The quantitative estimate of drug-likeness (QED) is 0.258. The van der Waals surface area contributed by atoms with Crippen molar-refractivity contribution in [2.24, 2.45) is 5.10 Å². The van der Waals surface area contributed by atoms with Gasteiger partial charge in [0.1, 0.15) is 0 Å². The van der Waals surface area contributed by atoms with Crippen LogP contribution < -0.4 is 0 Å². The van der Waals surface area contributed by atoms with Crippen LogP contribution in [0.1, 0.15) is 17.0 Å². The van der Waals surface area contributed by atoms with Crippen LogP contribution in [0.4, 0.5) is 0 Å². The molecule has 4 rings (SSSR count). The van der Waals surface area contributed by atoms with Crippen LogP contribution in [-0.4, -0.2) is 76.2 Å². The van der Waals surface area contributed by atoms with Gasteiger partial charge in [-0.25, -0.2) is 4.68 Å². The molecule has 0 radical (unpaired) electrons. The normalized spacial score (nSPS) is 15.5. The van der Waals surface area contributed by atoms with Crippen LogP contribution in [-0.2, 0) is 13.1 Å². The summed E-state index contributed by atoms with van der Waals surface area (Å²) in [7, 11) is 2.17. The predicted octanol–water partition coefficient (Wildman–Crippen LogP) is 4.54. The molecule has 3 aromatic rings. The number of hydrogen-bond acceptors (Lipinski definition) is 7. The minimum atomic E-state index is 0.627. The van der Waals surface area contributed by atoms with Crippen LogP contribution in [0.3, 0.4) is 0 Å². The van der Waals surface area contributed by atoms with E-state index in [1.165, 1.54) is 15.4 Å². The van der Waals surface area contributed by atoms with E-state index < -0.39 is 0 Å². The molecular formula is C24H30N6S3. The maximum atomic E-state index is 5.82. The first-order valence-corrected chi connectivity index (χ1v) is 13.8. The molecule has 2 aromatic carbocycles. The summed E-state index contributed by atoms with van der Waals surface area (Å²) in [5, 5.41) is 9.65. The Morgan fingerprint density at radius 2 is 1.55 bits per heavy atom. The number of hydrogen-bond donors (Lipinski definition) is 0. The number of benzene rings is 2. The third-order valence-corrected chi connectivity index (χ3v) is 7.64. The first-order valence-electron chi connectivity index (χ1n) is 11.0. The Balaban J connectivity index is 1.61. The van der Waals surface area contributed by atoms with Gasteiger partial charge in [-0.1, -0.05) is 24.3 Å². The molecule has 0 saturated carbocycles. The average molecular weight is 499 g/mol. The molecule has 6 nitrogen and oxygen atoms in total. The molecule has 1 fully saturated rings. The molecule has 1 saturated heterocycles. The second-order valence-corrected chi connectivity index (χ2v) is 10.2. The summed E-state index contributed by atoms with van der Waals surface area (Å²) in [5.74, 6) is 0.850. The molecule has 0 unspecified atom stereocenters. The van der Waals surface area contributed by atoms with E-state index >= 15 is 0 Å². The third kappa shape index (κ3) is 6.36. The fourth-order valence-electron chi connectivity index (χ4n) is 3.68. The topological polar surface area (TPSA) is 41.6 Å². The number of aromatic nitrogens is 3. The van der Waals surface area contributed by atoms with Gasteiger partial charge in [-0.05, 0) is 67.2 Å². The lowest BCUT2D eigenvalue weighted by Gasteiger charge is -2.31. The molecule has 9 heteroatoms. The van der Waals surface area contributed by atoms with Gasteiger partial charge in [-0.3, -0.25) is 4.90 Å². The van der Waals surface area contributed by atoms with Gasteiger partial charge in [0, 0.05) is 42.4 Å². The van der Waals surface area contributed by atoms with Crippen molar-refractivity contribution in [2.75, 3.05) is 45.7 Å². The predicted molar refractivity (Wildman–Crippen MR) is 142 cm³/mol. The largest absolute Gasteiger partial charge is 0.304 e. The first-order chi connectivity index (χ1) is 16.1. The number of nitrogens with zero attached hydrogens (tertiary/aromatic N) is 6. The highest BCUT2D eigenvalue weighted by Gasteiger charge is 2.17. The number of thioether (sulfide) groups is 2. The van der Waals surface area contributed by atoms with E-state index in [4.69, 9.17) is 22.4 Å². The zero-order chi connectivity index (χ0) is 23.2. The molecule has 174 valence electrons. The third-order valence-electron chi connectivity index (χ3n) is 5.77. The van der Waals surface area contributed by atoms with Gasteiger partial charge in [0.25, 0.3) is 0 Å². The highest BCUT2D eigenvalue weighted by molar-refractivity contribution is 7.98. The van der Waals surface area contributed by atoms with Crippen LogP contribution in [0.2, 0.25) is 0 Å². The van der Waals surface area contributed by atoms with Gasteiger partial charge in [0.05, 0.1) is 12.9 Å². The second-order valence-electron chi connectivity index (χ2n) is 8.12. The number of piperazine rings is 1. The minimum absolute atomic E-state index is 0.627. The SMILES string of the molecule is CSc1ccc(/C=N/n2c(Cc3ccc(SC)cc3)nn(CN3CCN(C)CC3)c2=S)cc1. The fraction of sp³-hybridized carbons (Fsp3) is 0.375. The molecule has 0 aliphatic carbocycles. The molecule has 0 atom stereocenters. The summed E-state index contributed by atoms with van der Waals surface area (Å²) < 4.78 is 4.36. The lowest BCUT2D eigenvalue weighted by Crippen LogP contribution is -2.45. The monoisotopic (exact) mass is 498 g/mol. The van der Waals surface area contributed by atoms with Crippen LogP contribution in [0.15, 0.2) is 63.4 Å². The summed E-state index contributed by atoms with van der Waals surface area (Å²) in [6, 6.07) is 17.0. The van der Waals surface area contributed by atoms with Crippen molar-refractivity contribution in [1.29, 1.82) is 0 Å². The summed E-state index contributed by atoms with van der Waals surface area (Å²) in [4.78, 5) is 7.24. The average Bonchev–Trinajstić information content (AvgIpc) is 3.13. The number of rotatable bonds is 8. The molecule has 2 heterocycles. The van der Waals surface area contributed by atoms with Crippen molar-refractivity contribution < 1.29 is 0 Å². The summed E-state index contributed by atoms with van der Waals surface area (Å²) in [5.41, 5.74) is 2.23. The number of likely N-dealkylation sites (N-methyl/N-ethyl adjacent to an activating group) is 1. The highest BCUT2D eigenvalue weighted by atomic mass is 32.2. The molecule has 0 bridgehead atoms. The van der Waals surface area contributed by atoms with Gasteiger partial charge >= 0.3 is 0 Å².